The average Bonchev–Trinajstić information content (AvgIpc) is 2.96. The minimum absolute atomic E-state index is 0.406. The number of thiophene rings is 1. The van der Waals surface area contributed by atoms with E-state index in [2.05, 4.69) is 49.6 Å². The lowest BCUT2D eigenvalue weighted by Crippen LogP contribution is -2.31. The maximum atomic E-state index is 6.27. The first kappa shape index (κ1) is 19.8. The SMILES string of the molecule is COc1ccc(-c2csc3c(O[Si](C)(C)C)nc(O[Si](C)(C)C)nc23)cc1. The molecule has 0 unspecified atom stereocenters. The maximum Gasteiger partial charge on any atom is 0.306 e. The number of ether oxygens (including phenoxy) is 1. The fourth-order valence-electron chi connectivity index (χ4n) is 2.53. The van der Waals surface area contributed by atoms with Crippen LogP contribution in [0.1, 0.15) is 0 Å². The van der Waals surface area contributed by atoms with Crippen LogP contribution in [0.2, 0.25) is 39.3 Å². The molecule has 0 radical (unpaired) electrons. The van der Waals surface area contributed by atoms with E-state index in [0.29, 0.717) is 11.9 Å². The van der Waals surface area contributed by atoms with Crippen LogP contribution in [0.3, 0.4) is 0 Å². The first-order valence-electron chi connectivity index (χ1n) is 8.87. The second-order valence-corrected chi connectivity index (χ2v) is 18.0. The zero-order chi connectivity index (χ0) is 19.8. The Labute approximate surface area is 166 Å². The third kappa shape index (κ3) is 4.88. The Balaban J connectivity index is 2.15. The van der Waals surface area contributed by atoms with E-state index in [-0.39, 0.29) is 0 Å². The van der Waals surface area contributed by atoms with Crippen LogP contribution in [0.5, 0.6) is 17.6 Å². The molecule has 0 spiro atoms. The van der Waals surface area contributed by atoms with Gasteiger partial charge in [0.25, 0.3) is 0 Å². The van der Waals surface area contributed by atoms with E-state index in [1.807, 2.05) is 24.3 Å². The summed E-state index contributed by atoms with van der Waals surface area (Å²) in [5.74, 6) is 1.47. The molecule has 0 aliphatic carbocycles. The van der Waals surface area contributed by atoms with Gasteiger partial charge >= 0.3 is 6.01 Å². The van der Waals surface area contributed by atoms with Gasteiger partial charge in [0.05, 0.1) is 12.6 Å². The molecular weight excluding hydrogens is 392 g/mol. The fraction of sp³-hybridized carbons (Fsp3) is 0.368. The summed E-state index contributed by atoms with van der Waals surface area (Å²) in [4.78, 5) is 9.36. The van der Waals surface area contributed by atoms with Crippen LogP contribution >= 0.6 is 11.3 Å². The van der Waals surface area contributed by atoms with Gasteiger partial charge in [0.2, 0.25) is 22.5 Å². The molecular formula is C19H26N2O3SSi2. The zero-order valence-corrected chi connectivity index (χ0v) is 19.7. The molecule has 0 atom stereocenters. The van der Waals surface area contributed by atoms with E-state index in [1.54, 1.807) is 18.4 Å². The van der Waals surface area contributed by atoms with Gasteiger partial charge < -0.3 is 13.6 Å². The number of hydrogen-bond donors (Lipinski definition) is 0. The number of benzene rings is 1. The first-order chi connectivity index (χ1) is 12.6. The molecule has 27 heavy (non-hydrogen) atoms. The number of rotatable bonds is 6. The van der Waals surface area contributed by atoms with Gasteiger partial charge in [0, 0.05) is 10.9 Å². The number of fused-ring (bicyclic) bond motifs is 1. The monoisotopic (exact) mass is 418 g/mol. The Morgan fingerprint density at radius 3 is 2.04 bits per heavy atom. The molecule has 3 aromatic rings. The third-order valence-electron chi connectivity index (χ3n) is 3.57. The van der Waals surface area contributed by atoms with Crippen molar-refractivity contribution >= 4 is 38.2 Å². The number of nitrogens with zero attached hydrogens (tertiary/aromatic N) is 2. The highest BCUT2D eigenvalue weighted by atomic mass is 32.1. The Kier molecular flexibility index (Phi) is 5.33. The summed E-state index contributed by atoms with van der Waals surface area (Å²) in [6.07, 6.45) is 0. The zero-order valence-electron chi connectivity index (χ0n) is 16.9. The summed E-state index contributed by atoms with van der Waals surface area (Å²) in [7, 11) is -1.99. The molecule has 144 valence electrons. The van der Waals surface area contributed by atoms with Gasteiger partial charge in [0.15, 0.2) is 0 Å². The number of methoxy groups -OCH3 is 1. The van der Waals surface area contributed by atoms with Crippen molar-refractivity contribution in [3.8, 4) is 28.8 Å². The highest BCUT2D eigenvalue weighted by Crippen LogP contribution is 2.39. The molecule has 5 nitrogen and oxygen atoms in total. The van der Waals surface area contributed by atoms with Crippen molar-refractivity contribution in [3.63, 3.8) is 0 Å². The van der Waals surface area contributed by atoms with Crippen LogP contribution in [0.4, 0.5) is 0 Å². The van der Waals surface area contributed by atoms with E-state index in [4.69, 9.17) is 18.6 Å². The predicted molar refractivity (Wildman–Crippen MR) is 117 cm³/mol. The molecule has 2 aromatic heterocycles. The molecule has 0 aliphatic rings. The second kappa shape index (κ2) is 7.25. The van der Waals surface area contributed by atoms with Gasteiger partial charge in [-0.3, -0.25) is 0 Å². The van der Waals surface area contributed by atoms with Crippen molar-refractivity contribution in [2.24, 2.45) is 0 Å². The lowest BCUT2D eigenvalue weighted by atomic mass is 10.1. The summed E-state index contributed by atoms with van der Waals surface area (Å²) in [5.41, 5.74) is 3.02. The molecule has 2 heterocycles. The Bertz CT molecular complexity index is 944. The van der Waals surface area contributed by atoms with Gasteiger partial charge in [-0.1, -0.05) is 12.1 Å². The van der Waals surface area contributed by atoms with Gasteiger partial charge in [-0.2, -0.15) is 9.97 Å². The van der Waals surface area contributed by atoms with Crippen molar-refractivity contribution in [2.75, 3.05) is 7.11 Å². The van der Waals surface area contributed by atoms with E-state index < -0.39 is 16.6 Å². The Morgan fingerprint density at radius 2 is 1.48 bits per heavy atom. The second-order valence-electron chi connectivity index (χ2n) is 8.30. The lowest BCUT2D eigenvalue weighted by molar-refractivity contribution is 0.415. The predicted octanol–water partition coefficient (Wildman–Crippen LogP) is 5.79. The largest absolute Gasteiger partial charge is 0.530 e. The average molecular weight is 419 g/mol. The molecule has 0 fully saturated rings. The Morgan fingerprint density at radius 1 is 0.852 bits per heavy atom. The summed E-state index contributed by atoms with van der Waals surface area (Å²) in [6.45, 7) is 12.8. The van der Waals surface area contributed by atoms with Crippen LogP contribution < -0.4 is 13.6 Å². The molecule has 3 rings (SSSR count). The molecule has 0 bridgehead atoms. The topological polar surface area (TPSA) is 53.5 Å². The minimum atomic E-state index is -1.84. The number of aromatic nitrogens is 2. The van der Waals surface area contributed by atoms with E-state index in [0.717, 1.165) is 27.1 Å². The molecule has 0 amide bonds. The highest BCUT2D eigenvalue weighted by molar-refractivity contribution is 7.18. The molecule has 0 N–H and O–H groups in total. The summed E-state index contributed by atoms with van der Waals surface area (Å²) < 4.78 is 18.6. The van der Waals surface area contributed by atoms with Gasteiger partial charge in [-0.25, -0.2) is 0 Å². The minimum Gasteiger partial charge on any atom is -0.530 e. The molecule has 0 saturated heterocycles. The van der Waals surface area contributed by atoms with Crippen LogP contribution in [0.25, 0.3) is 21.3 Å². The van der Waals surface area contributed by atoms with Crippen molar-refractivity contribution < 1.29 is 13.6 Å². The van der Waals surface area contributed by atoms with Gasteiger partial charge in [0.1, 0.15) is 10.4 Å². The third-order valence-corrected chi connectivity index (χ3v) is 6.12. The molecule has 8 heteroatoms. The summed E-state index contributed by atoms with van der Waals surface area (Å²) >= 11 is 1.61. The normalized spacial score (nSPS) is 12.3. The van der Waals surface area contributed by atoms with E-state index in [1.165, 1.54) is 0 Å². The van der Waals surface area contributed by atoms with E-state index >= 15 is 0 Å². The van der Waals surface area contributed by atoms with Gasteiger partial charge in [-0.15, -0.1) is 11.3 Å². The van der Waals surface area contributed by atoms with Crippen molar-refractivity contribution in [2.45, 2.75) is 39.3 Å². The van der Waals surface area contributed by atoms with Crippen molar-refractivity contribution in [1.82, 2.24) is 9.97 Å². The highest BCUT2D eigenvalue weighted by Gasteiger charge is 2.25. The van der Waals surface area contributed by atoms with Crippen molar-refractivity contribution in [1.29, 1.82) is 0 Å². The quantitative estimate of drug-likeness (QED) is 0.474. The standard InChI is InChI=1S/C19H26N2O3SSi2/c1-22-14-10-8-13(9-11-14)15-12-25-17-16(15)20-19(24-27(5,6)7)21-18(17)23-26(2,3)4/h8-12H,1-7H3. The number of hydrogen-bond acceptors (Lipinski definition) is 6. The van der Waals surface area contributed by atoms with Crippen LogP contribution in [0, 0.1) is 0 Å². The summed E-state index contributed by atoms with van der Waals surface area (Å²) in [5, 5.41) is 2.11. The fourth-order valence-corrected chi connectivity index (χ4v) is 4.91. The lowest BCUT2D eigenvalue weighted by Gasteiger charge is -2.21. The summed E-state index contributed by atoms with van der Waals surface area (Å²) in [6, 6.07) is 8.40. The molecule has 0 aliphatic heterocycles. The molecule has 1 aromatic carbocycles. The van der Waals surface area contributed by atoms with Crippen LogP contribution in [0.15, 0.2) is 29.6 Å². The molecule has 0 saturated carbocycles. The van der Waals surface area contributed by atoms with E-state index in [9.17, 15) is 0 Å². The van der Waals surface area contributed by atoms with Crippen LogP contribution in [-0.4, -0.2) is 33.7 Å². The Hall–Kier alpha value is -1.91. The maximum absolute atomic E-state index is 6.27. The van der Waals surface area contributed by atoms with Crippen molar-refractivity contribution in [3.05, 3.63) is 29.6 Å². The van der Waals surface area contributed by atoms with Gasteiger partial charge in [-0.05, 0) is 57.0 Å². The smallest absolute Gasteiger partial charge is 0.306 e. The first-order valence-corrected chi connectivity index (χ1v) is 16.6. The van der Waals surface area contributed by atoms with Crippen LogP contribution in [-0.2, 0) is 0 Å².